The number of thiophene rings is 1. The molecule has 0 bridgehead atoms. The van der Waals surface area contributed by atoms with Crippen LogP contribution in [0.3, 0.4) is 0 Å². The lowest BCUT2D eigenvalue weighted by Crippen LogP contribution is -2.33. The van der Waals surface area contributed by atoms with E-state index in [0.29, 0.717) is 12.1 Å². The lowest BCUT2D eigenvalue weighted by atomic mass is 10.2. The lowest BCUT2D eigenvalue weighted by Gasteiger charge is -2.21. The zero-order chi connectivity index (χ0) is 18.8. The summed E-state index contributed by atoms with van der Waals surface area (Å²) in [6.07, 6.45) is 0. The molecule has 1 heterocycles. The van der Waals surface area contributed by atoms with Crippen LogP contribution in [0.4, 0.5) is 0 Å². The predicted molar refractivity (Wildman–Crippen MR) is 101 cm³/mol. The zero-order valence-electron chi connectivity index (χ0n) is 15.2. The summed E-state index contributed by atoms with van der Waals surface area (Å²) in [5.74, 6) is -0.131. The van der Waals surface area contributed by atoms with Crippen molar-refractivity contribution in [3.63, 3.8) is 0 Å². The number of sulfonamides is 1. The van der Waals surface area contributed by atoms with Gasteiger partial charge in [0, 0.05) is 30.6 Å². The summed E-state index contributed by atoms with van der Waals surface area (Å²) in [4.78, 5) is 15.5. The third-order valence-corrected chi connectivity index (χ3v) is 7.26. The molecule has 0 N–H and O–H groups in total. The standard InChI is InChI=1S/C18H24N2O3S2/c1-13(2)20(5)25(22,23)16-8-6-15(7-9-16)18(21)19(4)12-17-14(3)10-11-24-17/h6-11,13H,12H2,1-5H3. The van der Waals surface area contributed by atoms with Crippen molar-refractivity contribution < 1.29 is 13.2 Å². The predicted octanol–water partition coefficient (Wildman–Crippen LogP) is 3.36. The van der Waals surface area contributed by atoms with Gasteiger partial charge in [-0.3, -0.25) is 4.79 Å². The Balaban J connectivity index is 2.16. The summed E-state index contributed by atoms with van der Waals surface area (Å²) in [5, 5.41) is 2.01. The number of carbonyl (C=O) groups excluding carboxylic acids is 1. The highest BCUT2D eigenvalue weighted by Gasteiger charge is 2.23. The molecule has 0 atom stereocenters. The van der Waals surface area contributed by atoms with Crippen LogP contribution in [0.25, 0.3) is 0 Å². The molecule has 0 radical (unpaired) electrons. The van der Waals surface area contributed by atoms with E-state index in [1.54, 1.807) is 42.5 Å². The average molecular weight is 381 g/mol. The SMILES string of the molecule is Cc1ccsc1CN(C)C(=O)c1ccc(S(=O)(=O)N(C)C(C)C)cc1. The van der Waals surface area contributed by atoms with Crippen LogP contribution in [0.5, 0.6) is 0 Å². The van der Waals surface area contributed by atoms with Gasteiger partial charge < -0.3 is 4.90 Å². The fourth-order valence-corrected chi connectivity index (χ4v) is 4.61. The Hall–Kier alpha value is -1.70. The molecule has 0 saturated carbocycles. The van der Waals surface area contributed by atoms with E-state index in [1.807, 2.05) is 32.2 Å². The van der Waals surface area contributed by atoms with Crippen molar-refractivity contribution >= 4 is 27.3 Å². The normalized spacial score (nSPS) is 12.0. The van der Waals surface area contributed by atoms with Crippen molar-refractivity contribution in [2.75, 3.05) is 14.1 Å². The van der Waals surface area contributed by atoms with E-state index in [2.05, 4.69) is 0 Å². The van der Waals surface area contributed by atoms with Crippen molar-refractivity contribution in [3.8, 4) is 0 Å². The van der Waals surface area contributed by atoms with Gasteiger partial charge in [-0.05, 0) is 62.0 Å². The second-order valence-electron chi connectivity index (χ2n) is 6.33. The van der Waals surface area contributed by atoms with Crippen LogP contribution in [0.15, 0.2) is 40.6 Å². The zero-order valence-corrected chi connectivity index (χ0v) is 16.8. The largest absolute Gasteiger partial charge is 0.337 e. The molecule has 0 spiro atoms. The number of benzene rings is 1. The second-order valence-corrected chi connectivity index (χ2v) is 9.33. The summed E-state index contributed by atoms with van der Waals surface area (Å²) < 4.78 is 26.3. The topological polar surface area (TPSA) is 57.7 Å². The molecule has 25 heavy (non-hydrogen) atoms. The van der Waals surface area contributed by atoms with E-state index >= 15 is 0 Å². The van der Waals surface area contributed by atoms with E-state index in [9.17, 15) is 13.2 Å². The summed E-state index contributed by atoms with van der Waals surface area (Å²) in [6, 6.07) is 8.02. The maximum Gasteiger partial charge on any atom is 0.253 e. The molecular formula is C18H24N2O3S2. The highest BCUT2D eigenvalue weighted by Crippen LogP contribution is 2.20. The molecule has 1 aromatic heterocycles. The van der Waals surface area contributed by atoms with E-state index in [0.717, 1.165) is 4.88 Å². The van der Waals surface area contributed by atoms with Gasteiger partial charge in [-0.15, -0.1) is 11.3 Å². The maximum atomic E-state index is 12.6. The molecule has 0 aliphatic rings. The van der Waals surface area contributed by atoms with Crippen LogP contribution in [-0.2, 0) is 16.6 Å². The molecule has 2 aromatic rings. The fourth-order valence-electron chi connectivity index (χ4n) is 2.29. The first-order chi connectivity index (χ1) is 11.6. The van der Waals surface area contributed by atoms with Crippen molar-refractivity contribution in [1.82, 2.24) is 9.21 Å². The van der Waals surface area contributed by atoms with Crippen LogP contribution in [0.1, 0.15) is 34.6 Å². The molecule has 136 valence electrons. The summed E-state index contributed by atoms with van der Waals surface area (Å²) in [6.45, 7) is 6.20. The number of nitrogens with zero attached hydrogens (tertiary/aromatic N) is 2. The first kappa shape index (κ1) is 19.6. The van der Waals surface area contributed by atoms with Gasteiger partial charge in [0.05, 0.1) is 11.4 Å². The first-order valence-corrected chi connectivity index (χ1v) is 10.3. The molecule has 0 fully saturated rings. The van der Waals surface area contributed by atoms with Gasteiger partial charge in [-0.2, -0.15) is 4.31 Å². The number of aryl methyl sites for hydroxylation is 1. The van der Waals surface area contributed by atoms with Crippen molar-refractivity contribution in [1.29, 1.82) is 0 Å². The Kier molecular flexibility index (Phi) is 6.03. The van der Waals surface area contributed by atoms with Crippen molar-refractivity contribution in [2.45, 2.75) is 38.3 Å². The minimum Gasteiger partial charge on any atom is -0.337 e. The molecule has 7 heteroatoms. The van der Waals surface area contributed by atoms with Crippen LogP contribution < -0.4 is 0 Å². The Morgan fingerprint density at radius 3 is 2.20 bits per heavy atom. The molecule has 0 aliphatic heterocycles. The quantitative estimate of drug-likeness (QED) is 0.772. The molecule has 5 nitrogen and oxygen atoms in total. The summed E-state index contributed by atoms with van der Waals surface area (Å²) >= 11 is 1.62. The number of amides is 1. The molecule has 1 amide bonds. The van der Waals surface area contributed by atoms with Gasteiger partial charge in [-0.1, -0.05) is 0 Å². The molecular weight excluding hydrogens is 356 g/mol. The minimum atomic E-state index is -3.54. The number of hydrogen-bond acceptors (Lipinski definition) is 4. The van der Waals surface area contributed by atoms with E-state index in [1.165, 1.54) is 22.0 Å². The van der Waals surface area contributed by atoms with E-state index < -0.39 is 10.0 Å². The maximum absolute atomic E-state index is 12.6. The summed E-state index contributed by atoms with van der Waals surface area (Å²) in [7, 11) is -0.237. The number of hydrogen-bond donors (Lipinski definition) is 0. The Morgan fingerprint density at radius 2 is 1.72 bits per heavy atom. The monoisotopic (exact) mass is 380 g/mol. The van der Waals surface area contributed by atoms with Crippen molar-refractivity contribution in [3.05, 3.63) is 51.7 Å². The highest BCUT2D eigenvalue weighted by molar-refractivity contribution is 7.89. The Morgan fingerprint density at radius 1 is 1.12 bits per heavy atom. The van der Waals surface area contributed by atoms with Crippen LogP contribution in [0, 0.1) is 6.92 Å². The molecule has 0 unspecified atom stereocenters. The van der Waals surface area contributed by atoms with E-state index in [4.69, 9.17) is 0 Å². The second kappa shape index (κ2) is 7.68. The molecule has 2 rings (SSSR count). The number of rotatable bonds is 6. The van der Waals surface area contributed by atoms with Gasteiger partial charge in [0.15, 0.2) is 0 Å². The number of carbonyl (C=O) groups is 1. The Bertz CT molecular complexity index is 839. The lowest BCUT2D eigenvalue weighted by molar-refractivity contribution is 0.0786. The smallest absolute Gasteiger partial charge is 0.253 e. The van der Waals surface area contributed by atoms with Gasteiger partial charge >= 0.3 is 0 Å². The van der Waals surface area contributed by atoms with Gasteiger partial charge in [0.1, 0.15) is 0 Å². The van der Waals surface area contributed by atoms with Gasteiger partial charge in [0.25, 0.3) is 5.91 Å². The summed E-state index contributed by atoms with van der Waals surface area (Å²) in [5.41, 5.74) is 1.64. The third-order valence-electron chi connectivity index (χ3n) is 4.20. The minimum absolute atomic E-state index is 0.131. The highest BCUT2D eigenvalue weighted by atomic mass is 32.2. The molecule has 1 aromatic carbocycles. The molecule has 0 saturated heterocycles. The van der Waals surface area contributed by atoms with Crippen LogP contribution >= 0.6 is 11.3 Å². The van der Waals surface area contributed by atoms with Crippen LogP contribution in [-0.4, -0.2) is 43.7 Å². The third kappa shape index (κ3) is 4.29. The van der Waals surface area contributed by atoms with Crippen molar-refractivity contribution in [2.24, 2.45) is 0 Å². The van der Waals surface area contributed by atoms with Gasteiger partial charge in [0.2, 0.25) is 10.0 Å². The Labute approximate surface area is 153 Å². The van der Waals surface area contributed by atoms with E-state index in [-0.39, 0.29) is 16.8 Å². The molecule has 0 aliphatic carbocycles. The van der Waals surface area contributed by atoms with Gasteiger partial charge in [-0.25, -0.2) is 8.42 Å². The first-order valence-electron chi connectivity index (χ1n) is 8.01. The van der Waals surface area contributed by atoms with Crippen LogP contribution in [0.2, 0.25) is 0 Å². The average Bonchev–Trinajstić information content (AvgIpc) is 2.98. The fraction of sp³-hybridized carbons (Fsp3) is 0.389.